The number of rotatable bonds is 7. The van der Waals surface area contributed by atoms with E-state index >= 15 is 0 Å². The Morgan fingerprint density at radius 2 is 2.03 bits per heavy atom. The van der Waals surface area contributed by atoms with Crippen LogP contribution in [0.2, 0.25) is 0 Å². The Balaban J connectivity index is 1.66. The van der Waals surface area contributed by atoms with Crippen molar-refractivity contribution in [2.75, 3.05) is 6.54 Å². The normalized spacial score (nSPS) is 13.7. The number of nitrogens with zero attached hydrogens (tertiary/aromatic N) is 2. The molecular weight excluding hydrogens is 444 g/mol. The van der Waals surface area contributed by atoms with Crippen LogP contribution in [0, 0.1) is 0 Å². The van der Waals surface area contributed by atoms with Crippen molar-refractivity contribution in [2.45, 2.75) is 56.5 Å². The molecule has 0 saturated heterocycles. The predicted molar refractivity (Wildman–Crippen MR) is 129 cm³/mol. The van der Waals surface area contributed by atoms with Gasteiger partial charge in [0, 0.05) is 18.0 Å². The molecule has 32 heavy (non-hydrogen) atoms. The van der Waals surface area contributed by atoms with E-state index in [1.54, 1.807) is 29.8 Å². The smallest absolute Gasteiger partial charge is 0.321 e. The summed E-state index contributed by atoms with van der Waals surface area (Å²) in [6, 6.07) is 9.48. The molecule has 2 N–H and O–H groups in total. The van der Waals surface area contributed by atoms with E-state index in [1.807, 2.05) is 30.3 Å². The van der Waals surface area contributed by atoms with Crippen molar-refractivity contribution in [2.24, 2.45) is 0 Å². The molecular formula is C23H26N4O3S2. The van der Waals surface area contributed by atoms with E-state index < -0.39 is 17.2 Å². The number of carbonyl (C=O) groups is 2. The van der Waals surface area contributed by atoms with Gasteiger partial charge in [-0.2, -0.15) is 0 Å². The van der Waals surface area contributed by atoms with Crippen molar-refractivity contribution < 1.29 is 9.59 Å². The van der Waals surface area contributed by atoms with Gasteiger partial charge < -0.3 is 5.32 Å². The highest BCUT2D eigenvalue weighted by molar-refractivity contribution is 8.00. The number of thiophene rings is 1. The number of imide groups is 1. The van der Waals surface area contributed by atoms with Crippen LogP contribution in [0.5, 0.6) is 0 Å². The molecule has 0 fully saturated rings. The van der Waals surface area contributed by atoms with E-state index in [4.69, 9.17) is 4.98 Å². The highest BCUT2D eigenvalue weighted by Crippen LogP contribution is 2.36. The summed E-state index contributed by atoms with van der Waals surface area (Å²) in [5, 5.41) is 5.55. The Labute approximate surface area is 194 Å². The van der Waals surface area contributed by atoms with Gasteiger partial charge in [0.25, 0.3) is 5.56 Å². The molecule has 3 aromatic rings. The molecule has 7 nitrogen and oxygen atoms in total. The molecule has 4 rings (SSSR count). The van der Waals surface area contributed by atoms with E-state index in [0.29, 0.717) is 24.7 Å². The molecule has 168 valence electrons. The maximum atomic E-state index is 13.6. The van der Waals surface area contributed by atoms with E-state index in [0.717, 1.165) is 40.6 Å². The van der Waals surface area contributed by atoms with Gasteiger partial charge in [-0.1, -0.05) is 42.1 Å². The summed E-state index contributed by atoms with van der Waals surface area (Å²) in [6.07, 6.45) is 3.68. The highest BCUT2D eigenvalue weighted by Gasteiger charge is 2.25. The molecule has 2 heterocycles. The average molecular weight is 471 g/mol. The van der Waals surface area contributed by atoms with Crippen LogP contribution in [0.4, 0.5) is 4.79 Å². The maximum Gasteiger partial charge on any atom is 0.321 e. The van der Waals surface area contributed by atoms with Gasteiger partial charge in [-0.05, 0) is 50.7 Å². The van der Waals surface area contributed by atoms with Gasteiger partial charge in [0.1, 0.15) is 4.83 Å². The lowest BCUT2D eigenvalue weighted by molar-refractivity contribution is -0.119. The lowest BCUT2D eigenvalue weighted by atomic mass is 10.1. The zero-order valence-electron chi connectivity index (χ0n) is 18.1. The molecule has 2 aromatic heterocycles. The average Bonchev–Trinajstić information content (AvgIpc) is 3.35. The number of nitrogens with one attached hydrogen (secondary N) is 2. The van der Waals surface area contributed by atoms with E-state index in [9.17, 15) is 14.4 Å². The predicted octanol–water partition coefficient (Wildman–Crippen LogP) is 3.52. The highest BCUT2D eigenvalue weighted by atomic mass is 32.2. The molecule has 9 heteroatoms. The number of carbonyl (C=O) groups excluding carboxylic acids is 2. The van der Waals surface area contributed by atoms with Gasteiger partial charge in [-0.15, -0.1) is 11.3 Å². The number of thioether (sulfide) groups is 1. The van der Waals surface area contributed by atoms with Crippen molar-refractivity contribution in [3.05, 3.63) is 56.7 Å². The van der Waals surface area contributed by atoms with Crippen LogP contribution in [0.25, 0.3) is 10.2 Å². The largest absolute Gasteiger partial charge is 0.338 e. The Morgan fingerprint density at radius 1 is 1.25 bits per heavy atom. The van der Waals surface area contributed by atoms with Crippen molar-refractivity contribution in [3.63, 3.8) is 0 Å². The lowest BCUT2D eigenvalue weighted by Crippen LogP contribution is -2.42. The zero-order chi connectivity index (χ0) is 22.7. The molecule has 0 spiro atoms. The summed E-state index contributed by atoms with van der Waals surface area (Å²) >= 11 is 2.80. The van der Waals surface area contributed by atoms with Gasteiger partial charge in [-0.25, -0.2) is 9.78 Å². The molecule has 1 aliphatic rings. The summed E-state index contributed by atoms with van der Waals surface area (Å²) in [7, 11) is 0. The van der Waals surface area contributed by atoms with Crippen LogP contribution >= 0.6 is 23.1 Å². The third kappa shape index (κ3) is 4.73. The number of hydrogen-bond acceptors (Lipinski definition) is 6. The van der Waals surface area contributed by atoms with Gasteiger partial charge in [0.2, 0.25) is 5.91 Å². The fourth-order valence-corrected chi connectivity index (χ4v) is 6.10. The van der Waals surface area contributed by atoms with Gasteiger partial charge in [0.05, 0.1) is 10.6 Å². The van der Waals surface area contributed by atoms with Gasteiger partial charge >= 0.3 is 6.03 Å². The minimum absolute atomic E-state index is 0.0378. The Morgan fingerprint density at radius 3 is 2.78 bits per heavy atom. The monoisotopic (exact) mass is 470 g/mol. The number of fused-ring (bicyclic) bond motifs is 3. The fourth-order valence-electron chi connectivity index (χ4n) is 3.86. The number of aryl methyl sites for hydroxylation is 3. The number of urea groups is 1. The van der Waals surface area contributed by atoms with Crippen molar-refractivity contribution in [1.82, 2.24) is 20.2 Å². The molecule has 1 aliphatic carbocycles. The first-order valence-corrected chi connectivity index (χ1v) is 12.5. The molecule has 1 aromatic carbocycles. The first kappa shape index (κ1) is 22.5. The zero-order valence-corrected chi connectivity index (χ0v) is 19.8. The van der Waals surface area contributed by atoms with E-state index in [1.165, 1.54) is 16.6 Å². The molecule has 1 atom stereocenters. The Kier molecular flexibility index (Phi) is 6.95. The van der Waals surface area contributed by atoms with Crippen LogP contribution < -0.4 is 16.2 Å². The second-order valence-electron chi connectivity index (χ2n) is 7.73. The van der Waals surface area contributed by atoms with Crippen LogP contribution in [0.3, 0.4) is 0 Å². The van der Waals surface area contributed by atoms with Crippen molar-refractivity contribution >= 4 is 45.3 Å². The van der Waals surface area contributed by atoms with Gasteiger partial charge in [0.15, 0.2) is 5.16 Å². The standard InChI is InChI=1S/C23H26N4O3S2/c1-3-24-22(30)25-19(28)14(2)31-23-26-20-18(16-10-7-11-17(16)32-20)21(29)27(23)13-12-15-8-5-4-6-9-15/h4-6,8-9,14H,3,7,10-13H2,1-2H3,(H2,24,25,28,30)/t14-/m1/s1. The van der Waals surface area contributed by atoms with Crippen LogP contribution in [0.1, 0.15) is 36.3 Å². The summed E-state index contributed by atoms with van der Waals surface area (Å²) in [6.45, 7) is 4.40. The SMILES string of the molecule is CCNC(=O)NC(=O)[C@@H](C)Sc1nc2sc3c(c2c(=O)n1CCc1ccccc1)CCC3. The number of amides is 3. The second-order valence-corrected chi connectivity index (χ2v) is 10.1. The minimum atomic E-state index is -0.586. The van der Waals surface area contributed by atoms with E-state index in [2.05, 4.69) is 10.6 Å². The van der Waals surface area contributed by atoms with Crippen molar-refractivity contribution in [3.8, 4) is 0 Å². The third-order valence-corrected chi connectivity index (χ3v) is 7.76. The fraction of sp³-hybridized carbons (Fsp3) is 0.391. The maximum absolute atomic E-state index is 13.6. The Hall–Kier alpha value is -2.65. The minimum Gasteiger partial charge on any atom is -0.338 e. The van der Waals surface area contributed by atoms with Crippen LogP contribution in [0.15, 0.2) is 40.3 Å². The Bertz CT molecular complexity index is 1200. The van der Waals surface area contributed by atoms with Crippen LogP contribution in [-0.4, -0.2) is 33.3 Å². The molecule has 3 amide bonds. The first-order chi connectivity index (χ1) is 15.5. The second kappa shape index (κ2) is 9.87. The van der Waals surface area contributed by atoms with Gasteiger partial charge in [-0.3, -0.25) is 19.5 Å². The molecule has 0 aliphatic heterocycles. The molecule has 0 bridgehead atoms. The van der Waals surface area contributed by atoms with E-state index in [-0.39, 0.29) is 5.56 Å². The molecule has 0 radical (unpaired) electrons. The number of benzene rings is 1. The number of hydrogen-bond donors (Lipinski definition) is 2. The summed E-state index contributed by atoms with van der Waals surface area (Å²) in [5.41, 5.74) is 2.24. The molecule has 0 saturated carbocycles. The lowest BCUT2D eigenvalue weighted by Gasteiger charge is -2.16. The quantitative estimate of drug-likeness (QED) is 0.407. The third-order valence-electron chi connectivity index (χ3n) is 5.48. The first-order valence-electron chi connectivity index (χ1n) is 10.8. The van der Waals surface area contributed by atoms with Crippen LogP contribution in [-0.2, 0) is 30.6 Å². The summed E-state index contributed by atoms with van der Waals surface area (Å²) in [5.74, 6) is -0.418. The number of aromatic nitrogens is 2. The summed E-state index contributed by atoms with van der Waals surface area (Å²) < 4.78 is 1.70. The molecule has 0 unspecified atom stereocenters. The van der Waals surface area contributed by atoms with Crippen molar-refractivity contribution in [1.29, 1.82) is 0 Å². The topological polar surface area (TPSA) is 93.1 Å². The summed E-state index contributed by atoms with van der Waals surface area (Å²) in [4.78, 5) is 44.6.